The molecular formula is C26H29NO13S. The Hall–Kier alpha value is -4.11. The van der Waals surface area contributed by atoms with Crippen LogP contribution in [0.3, 0.4) is 0 Å². The largest absolute Gasteiger partial charge is 0.463 e. The average molecular weight is 596 g/mol. The van der Waals surface area contributed by atoms with Gasteiger partial charge in [-0.2, -0.15) is 0 Å². The van der Waals surface area contributed by atoms with Gasteiger partial charge >= 0.3 is 35.8 Å². The molecule has 3 rings (SSSR count). The molecule has 1 fully saturated rings. The molecule has 15 heteroatoms. The summed E-state index contributed by atoms with van der Waals surface area (Å²) in [5.41, 5.74) is -0.592. The summed E-state index contributed by atoms with van der Waals surface area (Å²) in [6.45, 7) is 6.60. The first-order valence-electron chi connectivity index (χ1n) is 12.2. The number of fused-ring (bicyclic) bond motifs is 1. The number of H-pyrrole nitrogens is 1. The van der Waals surface area contributed by atoms with E-state index < -0.39 is 65.7 Å². The number of esters is 6. The Kier molecular flexibility index (Phi) is 10.3. The van der Waals surface area contributed by atoms with Crippen molar-refractivity contribution >= 4 is 58.5 Å². The number of carbonyl (C=O) groups excluding carboxylic acids is 6. The van der Waals surface area contributed by atoms with Crippen LogP contribution in [0.4, 0.5) is 0 Å². The molecule has 0 radical (unpaired) electrons. The Morgan fingerprint density at radius 3 is 1.80 bits per heavy atom. The Balaban J connectivity index is 2.08. The summed E-state index contributed by atoms with van der Waals surface area (Å²) >= 11 is 1.04. The molecule has 2 heterocycles. The highest BCUT2D eigenvalue weighted by atomic mass is 32.2. The fourth-order valence-corrected chi connectivity index (χ4v) is 5.30. The van der Waals surface area contributed by atoms with Crippen LogP contribution < -0.4 is 9.47 Å². The lowest BCUT2D eigenvalue weighted by Crippen LogP contribution is -2.61. The van der Waals surface area contributed by atoms with Crippen LogP contribution in [0.25, 0.3) is 10.9 Å². The van der Waals surface area contributed by atoms with Gasteiger partial charge in [0.25, 0.3) is 0 Å². The topological polar surface area (TPSA) is 183 Å². The maximum atomic E-state index is 12.1. The Morgan fingerprint density at radius 1 is 0.732 bits per heavy atom. The summed E-state index contributed by atoms with van der Waals surface area (Å²) in [6, 6.07) is 2.94. The van der Waals surface area contributed by atoms with E-state index in [0.717, 1.165) is 32.5 Å². The molecule has 5 atom stereocenters. The van der Waals surface area contributed by atoms with E-state index in [4.69, 9.17) is 33.2 Å². The molecule has 1 N–H and O–H groups in total. The summed E-state index contributed by atoms with van der Waals surface area (Å²) in [5.74, 6) is -4.16. The molecule has 1 aromatic carbocycles. The number of thioether (sulfide) groups is 1. The highest BCUT2D eigenvalue weighted by Crippen LogP contribution is 2.42. The fourth-order valence-electron chi connectivity index (χ4n) is 4.08. The highest BCUT2D eigenvalue weighted by Gasteiger charge is 2.52. The minimum absolute atomic E-state index is 0.00546. The maximum absolute atomic E-state index is 12.1. The molecular weight excluding hydrogens is 566 g/mol. The van der Waals surface area contributed by atoms with Crippen molar-refractivity contribution in [3.63, 3.8) is 0 Å². The number of aromatic nitrogens is 1. The number of carbonyl (C=O) groups is 6. The molecule has 14 nitrogen and oxygen atoms in total. The van der Waals surface area contributed by atoms with Crippen LogP contribution in [-0.2, 0) is 52.5 Å². The van der Waals surface area contributed by atoms with Crippen molar-refractivity contribution in [2.24, 2.45) is 0 Å². The van der Waals surface area contributed by atoms with Crippen molar-refractivity contribution in [2.45, 2.75) is 76.3 Å². The van der Waals surface area contributed by atoms with E-state index in [1.807, 2.05) is 0 Å². The van der Waals surface area contributed by atoms with Crippen LogP contribution in [0.1, 0.15) is 41.5 Å². The minimum atomic E-state index is -1.33. The van der Waals surface area contributed by atoms with Gasteiger partial charge in [-0.1, -0.05) is 11.8 Å². The van der Waals surface area contributed by atoms with Crippen molar-refractivity contribution in [3.05, 3.63) is 18.3 Å². The zero-order valence-electron chi connectivity index (χ0n) is 23.0. The first kappa shape index (κ1) is 31.4. The molecule has 1 aliphatic rings. The van der Waals surface area contributed by atoms with E-state index in [2.05, 4.69) is 4.98 Å². The van der Waals surface area contributed by atoms with Crippen LogP contribution in [0, 0.1) is 0 Å². The van der Waals surface area contributed by atoms with Gasteiger partial charge in [-0.05, 0) is 6.07 Å². The van der Waals surface area contributed by atoms with Crippen molar-refractivity contribution in [1.82, 2.24) is 4.98 Å². The zero-order valence-corrected chi connectivity index (χ0v) is 23.9. The number of nitrogens with one attached hydrogen (secondary N) is 1. The van der Waals surface area contributed by atoms with Gasteiger partial charge in [0.2, 0.25) is 0 Å². The lowest BCUT2D eigenvalue weighted by Gasteiger charge is -2.44. The summed E-state index contributed by atoms with van der Waals surface area (Å²) in [7, 11) is 0. The van der Waals surface area contributed by atoms with E-state index in [9.17, 15) is 28.8 Å². The summed E-state index contributed by atoms with van der Waals surface area (Å²) < 4.78 is 38.0. The standard InChI is InChI=1S/C26H29NO13S/c1-11(28)34-10-21-23(37-14(4)31)24(38-15(5)32)25(39-16(6)33)26(40-21)41-22-9-27-18-8-20(36-13(3)30)19(7-17(18)22)35-12(2)29/h7-9,21,23-27H,10H2,1-6H3/t21-,23-,24+,25+,26?/m1/s1. The second-order valence-electron chi connectivity index (χ2n) is 8.87. The average Bonchev–Trinajstić information content (AvgIpc) is 3.21. The van der Waals surface area contributed by atoms with E-state index in [1.54, 1.807) is 6.20 Å². The quantitative estimate of drug-likeness (QED) is 0.253. The molecule has 1 unspecified atom stereocenters. The molecule has 0 spiro atoms. The highest BCUT2D eigenvalue weighted by molar-refractivity contribution is 8.00. The molecule has 1 aromatic heterocycles. The normalized spacial score (nSPS) is 21.9. The first-order chi connectivity index (χ1) is 19.2. The van der Waals surface area contributed by atoms with Gasteiger partial charge in [-0.3, -0.25) is 28.8 Å². The van der Waals surface area contributed by atoms with Crippen LogP contribution in [-0.4, -0.2) is 77.3 Å². The molecule has 0 amide bonds. The van der Waals surface area contributed by atoms with Gasteiger partial charge in [-0.15, -0.1) is 0 Å². The number of benzene rings is 1. The SMILES string of the molecule is CC(=O)OC[C@H]1OC(Sc2c[nH]c3cc(OC(C)=O)c(OC(C)=O)cc23)[C@@H](OC(C)=O)[C@@H](OC(C)=O)[C@@H]1OC(C)=O. The Bertz CT molecular complexity index is 1350. The monoisotopic (exact) mass is 595 g/mol. The number of aromatic amines is 1. The van der Waals surface area contributed by atoms with Gasteiger partial charge in [0.1, 0.15) is 18.1 Å². The number of hydrogen-bond acceptors (Lipinski definition) is 14. The van der Waals surface area contributed by atoms with Crippen LogP contribution in [0.2, 0.25) is 0 Å². The predicted octanol–water partition coefficient (Wildman–Crippen LogP) is 2.19. The maximum Gasteiger partial charge on any atom is 0.308 e. The van der Waals surface area contributed by atoms with Gasteiger partial charge in [-0.25, -0.2) is 0 Å². The predicted molar refractivity (Wildman–Crippen MR) is 139 cm³/mol. The minimum Gasteiger partial charge on any atom is -0.463 e. The number of hydrogen-bond donors (Lipinski definition) is 1. The van der Waals surface area contributed by atoms with E-state index in [-0.39, 0.29) is 18.1 Å². The summed E-state index contributed by atoms with van der Waals surface area (Å²) in [4.78, 5) is 74.4. The fraction of sp³-hybridized carbons (Fsp3) is 0.462. The van der Waals surface area contributed by atoms with Crippen LogP contribution >= 0.6 is 11.8 Å². The molecule has 0 aliphatic carbocycles. The molecule has 0 saturated carbocycles. The number of rotatable bonds is 9. The molecule has 2 aromatic rings. The van der Waals surface area contributed by atoms with Crippen molar-refractivity contribution in [3.8, 4) is 11.5 Å². The van der Waals surface area contributed by atoms with Crippen molar-refractivity contribution < 1.29 is 61.9 Å². The van der Waals surface area contributed by atoms with E-state index in [0.29, 0.717) is 15.8 Å². The number of ether oxygens (including phenoxy) is 7. The third-order valence-electron chi connectivity index (χ3n) is 5.41. The molecule has 41 heavy (non-hydrogen) atoms. The molecule has 1 aliphatic heterocycles. The third-order valence-corrected chi connectivity index (χ3v) is 6.61. The Labute approximate surface area is 238 Å². The smallest absolute Gasteiger partial charge is 0.308 e. The van der Waals surface area contributed by atoms with Crippen molar-refractivity contribution in [2.75, 3.05) is 6.61 Å². The molecule has 0 bridgehead atoms. The summed E-state index contributed by atoms with van der Waals surface area (Å²) in [5, 5.41) is 0.509. The third kappa shape index (κ3) is 8.44. The van der Waals surface area contributed by atoms with Gasteiger partial charge in [0, 0.05) is 64.1 Å². The van der Waals surface area contributed by atoms with Gasteiger partial charge in [0.15, 0.2) is 29.8 Å². The van der Waals surface area contributed by atoms with Crippen LogP contribution in [0.5, 0.6) is 11.5 Å². The molecule has 1 saturated heterocycles. The van der Waals surface area contributed by atoms with E-state index >= 15 is 0 Å². The zero-order chi connectivity index (χ0) is 30.4. The van der Waals surface area contributed by atoms with Gasteiger partial charge < -0.3 is 38.1 Å². The van der Waals surface area contributed by atoms with Gasteiger partial charge in [0.05, 0.1) is 5.52 Å². The Morgan fingerprint density at radius 2 is 1.27 bits per heavy atom. The molecule has 222 valence electrons. The summed E-state index contributed by atoms with van der Waals surface area (Å²) in [6.07, 6.45) is -3.43. The second kappa shape index (κ2) is 13.5. The lowest BCUT2D eigenvalue weighted by atomic mass is 9.99. The second-order valence-corrected chi connectivity index (χ2v) is 10.0. The van der Waals surface area contributed by atoms with Crippen LogP contribution in [0.15, 0.2) is 23.2 Å². The lowest BCUT2D eigenvalue weighted by molar-refractivity contribution is -0.237. The van der Waals surface area contributed by atoms with Crippen molar-refractivity contribution in [1.29, 1.82) is 0 Å². The first-order valence-corrected chi connectivity index (χ1v) is 13.1. The van der Waals surface area contributed by atoms with E-state index in [1.165, 1.54) is 32.9 Å².